The smallest absolute Gasteiger partial charge is 0.280 e. The van der Waals surface area contributed by atoms with Crippen molar-refractivity contribution in [2.75, 3.05) is 4.90 Å². The lowest BCUT2D eigenvalue weighted by Crippen LogP contribution is -2.54. The van der Waals surface area contributed by atoms with Gasteiger partial charge in [0.15, 0.2) is 5.11 Å². The van der Waals surface area contributed by atoms with Gasteiger partial charge in [0.25, 0.3) is 17.5 Å². The molecule has 154 valence electrons. The number of furan rings is 1. The number of nitro benzene ring substituents is 1. The van der Waals surface area contributed by atoms with Gasteiger partial charge in [-0.15, -0.1) is 0 Å². The highest BCUT2D eigenvalue weighted by Crippen LogP contribution is 2.31. The van der Waals surface area contributed by atoms with Gasteiger partial charge in [0.2, 0.25) is 0 Å². The number of nitrogens with one attached hydrogen (secondary N) is 1. The molecule has 1 N–H and O–H groups in total. The van der Waals surface area contributed by atoms with Crippen LogP contribution in [0.2, 0.25) is 0 Å². The number of benzene rings is 2. The van der Waals surface area contributed by atoms with Crippen molar-refractivity contribution in [3.63, 3.8) is 0 Å². The van der Waals surface area contributed by atoms with E-state index in [0.29, 0.717) is 0 Å². The predicted molar refractivity (Wildman–Crippen MR) is 113 cm³/mol. The van der Waals surface area contributed by atoms with E-state index in [1.807, 2.05) is 0 Å². The Labute approximate surface area is 179 Å². The first-order valence-electron chi connectivity index (χ1n) is 8.86. The lowest BCUT2D eigenvalue weighted by Gasteiger charge is -2.28. The second-order valence-electron chi connectivity index (χ2n) is 6.41. The molecule has 1 aromatic heterocycles. The van der Waals surface area contributed by atoms with Crippen molar-refractivity contribution in [3.8, 4) is 11.3 Å². The number of anilines is 1. The number of hydrogen-bond donors (Lipinski definition) is 1. The van der Waals surface area contributed by atoms with Gasteiger partial charge in [0, 0.05) is 6.07 Å². The molecular formula is C21H12FN3O5S. The van der Waals surface area contributed by atoms with E-state index in [4.69, 9.17) is 16.6 Å². The molecule has 1 fully saturated rings. The number of carbonyl (C=O) groups excluding carboxylic acids is 2. The number of amides is 2. The third kappa shape index (κ3) is 3.83. The van der Waals surface area contributed by atoms with E-state index in [0.717, 1.165) is 17.0 Å². The molecule has 2 aromatic carbocycles. The number of carbonyl (C=O) groups is 2. The number of nitrogens with zero attached hydrogens (tertiary/aromatic N) is 2. The molecule has 1 aliphatic heterocycles. The van der Waals surface area contributed by atoms with Crippen LogP contribution >= 0.6 is 12.2 Å². The summed E-state index contributed by atoms with van der Waals surface area (Å²) < 4.78 is 18.9. The Morgan fingerprint density at radius 1 is 1.06 bits per heavy atom. The minimum atomic E-state index is -0.725. The highest BCUT2D eigenvalue weighted by molar-refractivity contribution is 7.80. The summed E-state index contributed by atoms with van der Waals surface area (Å²) >= 11 is 5.09. The number of hydrogen-bond acceptors (Lipinski definition) is 6. The zero-order chi connectivity index (χ0) is 22.1. The molecule has 1 aliphatic rings. The number of halogens is 1. The van der Waals surface area contributed by atoms with Crippen LogP contribution < -0.4 is 10.2 Å². The minimum absolute atomic E-state index is 0.138. The molecule has 0 saturated carbocycles. The summed E-state index contributed by atoms with van der Waals surface area (Å²) in [5.74, 6) is -1.59. The molecule has 3 aromatic rings. The minimum Gasteiger partial charge on any atom is -0.456 e. The number of thiocarbonyl (C=S) groups is 1. The zero-order valence-corrected chi connectivity index (χ0v) is 16.4. The van der Waals surface area contributed by atoms with E-state index >= 15 is 0 Å². The van der Waals surface area contributed by atoms with Gasteiger partial charge < -0.3 is 4.42 Å². The standard InChI is InChI=1S/C21H12FN3O5S/c22-12-5-7-13(8-6-12)24-20(27)16(19(26)23-21(24)31)11-14-9-10-18(30-14)15-3-1-2-4-17(15)25(28)29/h1-11H,(H,23,26,31)/b16-11+. The first-order chi connectivity index (χ1) is 14.8. The quantitative estimate of drug-likeness (QED) is 0.219. The number of para-hydroxylation sites is 1. The van der Waals surface area contributed by atoms with Gasteiger partial charge in [-0.3, -0.25) is 29.9 Å². The van der Waals surface area contributed by atoms with Crippen LogP contribution in [0.1, 0.15) is 5.76 Å². The maximum Gasteiger partial charge on any atom is 0.280 e. The molecule has 0 unspecified atom stereocenters. The SMILES string of the molecule is O=C1NC(=S)N(c2ccc(F)cc2)C(=O)/C1=C/c1ccc(-c2ccccc2[N+](=O)[O-])o1. The second-order valence-corrected chi connectivity index (χ2v) is 6.80. The normalized spacial score (nSPS) is 15.3. The van der Waals surface area contributed by atoms with E-state index in [9.17, 15) is 24.1 Å². The van der Waals surface area contributed by atoms with Gasteiger partial charge >= 0.3 is 0 Å². The fraction of sp³-hybridized carbons (Fsp3) is 0. The molecule has 4 rings (SSSR count). The summed E-state index contributed by atoms with van der Waals surface area (Å²) in [5, 5.41) is 13.5. The van der Waals surface area contributed by atoms with Gasteiger partial charge in [-0.2, -0.15) is 0 Å². The van der Waals surface area contributed by atoms with Crippen LogP contribution in [0.3, 0.4) is 0 Å². The predicted octanol–water partition coefficient (Wildman–Crippen LogP) is 3.83. The van der Waals surface area contributed by atoms with Gasteiger partial charge in [-0.05, 0) is 60.8 Å². The molecule has 8 nitrogen and oxygen atoms in total. The van der Waals surface area contributed by atoms with Crippen LogP contribution in [0, 0.1) is 15.9 Å². The van der Waals surface area contributed by atoms with Gasteiger partial charge in [0.05, 0.1) is 16.2 Å². The fourth-order valence-corrected chi connectivity index (χ4v) is 3.32. The lowest BCUT2D eigenvalue weighted by molar-refractivity contribution is -0.384. The number of nitro groups is 1. The maximum atomic E-state index is 13.2. The Balaban J connectivity index is 1.69. The molecule has 1 saturated heterocycles. The van der Waals surface area contributed by atoms with Crippen LogP contribution in [0.25, 0.3) is 17.4 Å². The number of rotatable bonds is 4. The van der Waals surface area contributed by atoms with Crippen molar-refractivity contribution in [3.05, 3.63) is 87.9 Å². The fourth-order valence-electron chi connectivity index (χ4n) is 3.04. The summed E-state index contributed by atoms with van der Waals surface area (Å²) in [6.07, 6.45) is 1.22. The van der Waals surface area contributed by atoms with E-state index in [2.05, 4.69) is 5.32 Å². The van der Waals surface area contributed by atoms with E-state index in [1.54, 1.807) is 6.07 Å². The van der Waals surface area contributed by atoms with Crippen molar-refractivity contribution in [2.45, 2.75) is 0 Å². The van der Waals surface area contributed by atoms with Crippen molar-refractivity contribution in [1.82, 2.24) is 5.32 Å². The third-order valence-corrected chi connectivity index (χ3v) is 4.75. The van der Waals surface area contributed by atoms with Crippen molar-refractivity contribution in [2.24, 2.45) is 0 Å². The van der Waals surface area contributed by atoms with E-state index in [-0.39, 0.29) is 39.1 Å². The molecule has 2 amide bonds. The maximum absolute atomic E-state index is 13.2. The molecule has 0 aliphatic carbocycles. The van der Waals surface area contributed by atoms with Gasteiger partial charge in [0.1, 0.15) is 22.9 Å². The summed E-state index contributed by atoms with van der Waals surface area (Å²) in [6.45, 7) is 0. The van der Waals surface area contributed by atoms with Crippen LogP contribution in [0.5, 0.6) is 0 Å². The Hall–Kier alpha value is -4.18. The highest BCUT2D eigenvalue weighted by atomic mass is 32.1. The second kappa shape index (κ2) is 7.92. The molecule has 0 spiro atoms. The molecule has 0 bridgehead atoms. The lowest BCUT2D eigenvalue weighted by atomic mass is 10.1. The van der Waals surface area contributed by atoms with Crippen molar-refractivity contribution >= 4 is 46.6 Å². The molecule has 2 heterocycles. The van der Waals surface area contributed by atoms with E-state index in [1.165, 1.54) is 48.5 Å². The summed E-state index contributed by atoms with van der Waals surface area (Å²) in [4.78, 5) is 37.1. The Morgan fingerprint density at radius 3 is 2.48 bits per heavy atom. The molecule has 0 atom stereocenters. The van der Waals surface area contributed by atoms with Crippen LogP contribution in [0.4, 0.5) is 15.8 Å². The summed E-state index contributed by atoms with van der Waals surface area (Å²) in [7, 11) is 0. The Morgan fingerprint density at radius 2 is 1.77 bits per heavy atom. The third-order valence-electron chi connectivity index (χ3n) is 4.47. The van der Waals surface area contributed by atoms with Crippen LogP contribution in [-0.2, 0) is 9.59 Å². The average molecular weight is 437 g/mol. The topological polar surface area (TPSA) is 106 Å². The highest BCUT2D eigenvalue weighted by Gasteiger charge is 2.34. The first-order valence-corrected chi connectivity index (χ1v) is 9.26. The average Bonchev–Trinajstić information content (AvgIpc) is 3.21. The monoisotopic (exact) mass is 437 g/mol. The molecular weight excluding hydrogens is 425 g/mol. The molecule has 10 heteroatoms. The zero-order valence-electron chi connectivity index (χ0n) is 15.6. The van der Waals surface area contributed by atoms with Crippen molar-refractivity contribution < 1.29 is 23.3 Å². The Bertz CT molecular complexity index is 1270. The summed E-state index contributed by atoms with van der Waals surface area (Å²) in [5.41, 5.74) is 0.129. The largest absolute Gasteiger partial charge is 0.456 e. The summed E-state index contributed by atoms with van der Waals surface area (Å²) in [6, 6.07) is 14.1. The molecule has 0 radical (unpaired) electrons. The first kappa shape index (κ1) is 20.1. The van der Waals surface area contributed by atoms with Crippen LogP contribution in [0.15, 0.2) is 70.7 Å². The van der Waals surface area contributed by atoms with Gasteiger partial charge in [-0.25, -0.2) is 4.39 Å². The van der Waals surface area contributed by atoms with Crippen molar-refractivity contribution in [1.29, 1.82) is 0 Å². The van der Waals surface area contributed by atoms with Gasteiger partial charge in [-0.1, -0.05) is 12.1 Å². The Kier molecular flexibility index (Phi) is 5.14. The molecule has 31 heavy (non-hydrogen) atoms. The van der Waals surface area contributed by atoms with E-state index < -0.39 is 22.6 Å². The van der Waals surface area contributed by atoms with Crippen LogP contribution in [-0.4, -0.2) is 21.9 Å².